The number of hydrogen-bond donors (Lipinski definition) is 0. The number of fused-ring (bicyclic) bond motifs is 1. The lowest BCUT2D eigenvalue weighted by molar-refractivity contribution is 1.00. The first-order chi connectivity index (χ1) is 7.70. The van der Waals surface area contributed by atoms with E-state index in [2.05, 4.69) is 12.1 Å². The normalized spacial score (nSPS) is 14.2. The number of nitriles is 2. The van der Waals surface area contributed by atoms with Gasteiger partial charge in [0.05, 0.1) is 11.4 Å². The van der Waals surface area contributed by atoms with E-state index in [9.17, 15) is 0 Å². The predicted molar refractivity (Wildman–Crippen MR) is 61.5 cm³/mol. The highest BCUT2D eigenvalue weighted by Crippen LogP contribution is 2.36. The highest BCUT2D eigenvalue weighted by molar-refractivity contribution is 5.81. The van der Waals surface area contributed by atoms with Crippen LogP contribution in [0.1, 0.15) is 0 Å². The molecule has 0 atom stereocenters. The molecule has 0 aliphatic carbocycles. The summed E-state index contributed by atoms with van der Waals surface area (Å²) in [6, 6.07) is 11.8. The molecule has 16 heavy (non-hydrogen) atoms. The van der Waals surface area contributed by atoms with Crippen LogP contribution in [0.4, 0.5) is 11.4 Å². The van der Waals surface area contributed by atoms with Gasteiger partial charge in [-0.1, -0.05) is 12.1 Å². The molecule has 1 heterocycles. The zero-order valence-corrected chi connectivity index (χ0v) is 9.10. The van der Waals surface area contributed by atoms with Crippen molar-refractivity contribution in [2.45, 2.75) is 0 Å². The van der Waals surface area contributed by atoms with Gasteiger partial charge in [-0.3, -0.25) is 0 Å². The van der Waals surface area contributed by atoms with Gasteiger partial charge in [0.2, 0.25) is 0 Å². The molecule has 0 radical (unpaired) electrons. The van der Waals surface area contributed by atoms with E-state index in [0.717, 1.165) is 11.4 Å². The van der Waals surface area contributed by atoms with Crippen molar-refractivity contribution in [3.8, 4) is 12.1 Å². The molecule has 1 aromatic rings. The average molecular weight is 210 g/mol. The number of rotatable bonds is 0. The molecular weight excluding hydrogens is 200 g/mol. The van der Waals surface area contributed by atoms with Crippen molar-refractivity contribution in [3.63, 3.8) is 0 Å². The van der Waals surface area contributed by atoms with E-state index in [-0.39, 0.29) is 0 Å². The van der Waals surface area contributed by atoms with Crippen molar-refractivity contribution >= 4 is 11.4 Å². The number of anilines is 2. The second-order valence-electron chi connectivity index (χ2n) is 3.53. The van der Waals surface area contributed by atoms with Crippen LogP contribution in [0.2, 0.25) is 0 Å². The molecule has 0 fully saturated rings. The molecule has 4 heteroatoms. The minimum absolute atomic E-state index is 0.378. The summed E-state index contributed by atoms with van der Waals surface area (Å²) in [5.74, 6) is 0. The SMILES string of the molecule is CN1C(C#N)=C(C#N)N(C)c2ccccc21. The fourth-order valence-corrected chi connectivity index (χ4v) is 1.85. The standard InChI is InChI=1S/C12H10N4/c1-15-9-5-3-4-6-10(9)16(2)12(8-14)11(15)7-13/h3-6H,1-2H3. The third-order valence-corrected chi connectivity index (χ3v) is 2.71. The Hall–Kier alpha value is -2.46. The maximum Gasteiger partial charge on any atom is 0.155 e. The van der Waals surface area contributed by atoms with E-state index in [1.807, 2.05) is 24.3 Å². The Labute approximate surface area is 94.2 Å². The van der Waals surface area contributed by atoms with Gasteiger partial charge < -0.3 is 9.80 Å². The van der Waals surface area contributed by atoms with Crippen molar-refractivity contribution in [3.05, 3.63) is 35.7 Å². The molecule has 0 N–H and O–H groups in total. The lowest BCUT2D eigenvalue weighted by Gasteiger charge is -2.33. The summed E-state index contributed by atoms with van der Waals surface area (Å²) in [4.78, 5) is 3.49. The zero-order chi connectivity index (χ0) is 11.7. The van der Waals surface area contributed by atoms with Crippen LogP contribution in [-0.2, 0) is 0 Å². The maximum absolute atomic E-state index is 9.08. The van der Waals surface area contributed by atoms with E-state index < -0.39 is 0 Å². The molecule has 0 bridgehead atoms. The first-order valence-corrected chi connectivity index (χ1v) is 4.81. The molecule has 0 unspecified atom stereocenters. The van der Waals surface area contributed by atoms with Crippen molar-refractivity contribution in [1.82, 2.24) is 0 Å². The smallest absolute Gasteiger partial charge is 0.155 e. The van der Waals surface area contributed by atoms with Gasteiger partial charge in [0.25, 0.3) is 0 Å². The molecule has 0 spiro atoms. The Morgan fingerprint density at radius 2 is 1.25 bits per heavy atom. The van der Waals surface area contributed by atoms with Gasteiger partial charge in [-0.15, -0.1) is 0 Å². The topological polar surface area (TPSA) is 54.1 Å². The Morgan fingerprint density at radius 3 is 1.56 bits per heavy atom. The van der Waals surface area contributed by atoms with Gasteiger partial charge in [0.15, 0.2) is 11.4 Å². The summed E-state index contributed by atoms with van der Waals surface area (Å²) in [6.07, 6.45) is 0. The molecular formula is C12H10N4. The van der Waals surface area contributed by atoms with E-state index >= 15 is 0 Å². The van der Waals surface area contributed by atoms with Crippen molar-refractivity contribution in [2.75, 3.05) is 23.9 Å². The Kier molecular flexibility index (Phi) is 2.27. The number of nitrogens with zero attached hydrogens (tertiary/aromatic N) is 4. The molecule has 1 aliphatic heterocycles. The van der Waals surface area contributed by atoms with Crippen molar-refractivity contribution in [1.29, 1.82) is 10.5 Å². The predicted octanol–water partition coefficient (Wildman–Crippen LogP) is 1.83. The highest BCUT2D eigenvalue weighted by Gasteiger charge is 2.26. The van der Waals surface area contributed by atoms with Crippen LogP contribution in [0.15, 0.2) is 35.7 Å². The summed E-state index contributed by atoms with van der Waals surface area (Å²) in [6.45, 7) is 0. The third-order valence-electron chi connectivity index (χ3n) is 2.71. The summed E-state index contributed by atoms with van der Waals surface area (Å²) in [5.41, 5.74) is 2.62. The summed E-state index contributed by atoms with van der Waals surface area (Å²) in [7, 11) is 3.59. The number of allylic oxidation sites excluding steroid dienone is 2. The molecule has 2 rings (SSSR count). The van der Waals surface area contributed by atoms with Gasteiger partial charge >= 0.3 is 0 Å². The van der Waals surface area contributed by atoms with Crippen molar-refractivity contribution in [2.24, 2.45) is 0 Å². The minimum atomic E-state index is 0.378. The lowest BCUT2D eigenvalue weighted by atomic mass is 10.1. The third kappa shape index (κ3) is 1.21. The number of para-hydroxylation sites is 2. The quantitative estimate of drug-likeness (QED) is 0.655. The van der Waals surface area contributed by atoms with E-state index in [4.69, 9.17) is 10.5 Å². The van der Waals surface area contributed by atoms with Crippen LogP contribution < -0.4 is 9.80 Å². The molecule has 1 aliphatic rings. The minimum Gasteiger partial charge on any atom is -0.332 e. The fourth-order valence-electron chi connectivity index (χ4n) is 1.85. The average Bonchev–Trinajstić information content (AvgIpc) is 2.33. The Morgan fingerprint density at radius 1 is 0.875 bits per heavy atom. The van der Waals surface area contributed by atoms with Gasteiger partial charge in [0, 0.05) is 14.1 Å². The van der Waals surface area contributed by atoms with Gasteiger partial charge in [-0.2, -0.15) is 10.5 Å². The molecule has 1 aromatic carbocycles. The first kappa shape index (κ1) is 10.1. The van der Waals surface area contributed by atoms with Crippen LogP contribution in [0, 0.1) is 22.7 Å². The number of hydrogen-bond acceptors (Lipinski definition) is 4. The van der Waals surface area contributed by atoms with E-state index in [1.165, 1.54) is 0 Å². The highest BCUT2D eigenvalue weighted by atomic mass is 15.2. The van der Waals surface area contributed by atoms with Crippen LogP contribution in [0.25, 0.3) is 0 Å². The molecule has 0 saturated carbocycles. The molecule has 0 amide bonds. The second-order valence-corrected chi connectivity index (χ2v) is 3.53. The molecule has 0 saturated heterocycles. The van der Waals surface area contributed by atoms with E-state index in [0.29, 0.717) is 11.4 Å². The Balaban J connectivity index is 2.69. The van der Waals surface area contributed by atoms with Crippen molar-refractivity contribution < 1.29 is 0 Å². The zero-order valence-electron chi connectivity index (χ0n) is 9.10. The summed E-state index contributed by atoms with van der Waals surface area (Å²) in [5, 5.41) is 18.2. The fraction of sp³-hybridized carbons (Fsp3) is 0.167. The summed E-state index contributed by atoms with van der Waals surface area (Å²) < 4.78 is 0. The Bertz CT molecular complexity index is 496. The summed E-state index contributed by atoms with van der Waals surface area (Å²) >= 11 is 0. The van der Waals surface area contributed by atoms with Gasteiger partial charge in [-0.05, 0) is 12.1 Å². The maximum atomic E-state index is 9.08. The molecule has 0 aromatic heterocycles. The van der Waals surface area contributed by atoms with Crippen LogP contribution in [0.3, 0.4) is 0 Å². The monoisotopic (exact) mass is 210 g/mol. The van der Waals surface area contributed by atoms with Crippen LogP contribution in [-0.4, -0.2) is 14.1 Å². The van der Waals surface area contributed by atoms with Gasteiger partial charge in [0.1, 0.15) is 12.1 Å². The number of benzene rings is 1. The van der Waals surface area contributed by atoms with E-state index in [1.54, 1.807) is 23.9 Å². The lowest BCUT2D eigenvalue weighted by Crippen LogP contribution is -2.31. The van der Waals surface area contributed by atoms with Crippen LogP contribution in [0.5, 0.6) is 0 Å². The first-order valence-electron chi connectivity index (χ1n) is 4.81. The van der Waals surface area contributed by atoms with Gasteiger partial charge in [-0.25, -0.2) is 0 Å². The molecule has 4 nitrogen and oxygen atoms in total. The van der Waals surface area contributed by atoms with Crippen LogP contribution >= 0.6 is 0 Å². The molecule has 78 valence electrons. The second kappa shape index (κ2) is 3.60. The largest absolute Gasteiger partial charge is 0.332 e.